The molecule has 0 N–H and O–H groups in total. The van der Waals surface area contributed by atoms with E-state index in [4.69, 9.17) is 0 Å². The van der Waals surface area contributed by atoms with E-state index in [1.165, 1.54) is 0 Å². The van der Waals surface area contributed by atoms with Gasteiger partial charge >= 0.3 is 0 Å². The second kappa shape index (κ2) is 5.14. The van der Waals surface area contributed by atoms with Crippen molar-refractivity contribution in [3.05, 3.63) is 60.6 Å². The minimum atomic E-state index is 0.813. The van der Waals surface area contributed by atoms with E-state index in [1.807, 2.05) is 54.9 Å². The Labute approximate surface area is 109 Å². The SMILES string of the molecule is c1ccc(CSc2cnc3ccccc3n2)nc1. The number of para-hydroxylation sites is 2. The molecule has 1 aromatic carbocycles. The number of hydrogen-bond donors (Lipinski definition) is 0. The molecule has 0 spiro atoms. The maximum Gasteiger partial charge on any atom is 0.115 e. The summed E-state index contributed by atoms with van der Waals surface area (Å²) in [5.74, 6) is 0.813. The van der Waals surface area contributed by atoms with Crippen LogP contribution in [0.1, 0.15) is 5.69 Å². The van der Waals surface area contributed by atoms with Crippen LogP contribution < -0.4 is 0 Å². The lowest BCUT2D eigenvalue weighted by Gasteiger charge is -2.01. The van der Waals surface area contributed by atoms with Crippen molar-refractivity contribution in [3.8, 4) is 0 Å². The third-order valence-corrected chi connectivity index (χ3v) is 3.45. The second-order valence-corrected chi connectivity index (χ2v) is 4.80. The van der Waals surface area contributed by atoms with Gasteiger partial charge in [-0.15, -0.1) is 0 Å². The first kappa shape index (κ1) is 11.2. The average molecular weight is 253 g/mol. The van der Waals surface area contributed by atoms with Crippen LogP contribution in [0, 0.1) is 0 Å². The van der Waals surface area contributed by atoms with Crippen molar-refractivity contribution < 1.29 is 0 Å². The molecule has 2 heterocycles. The first-order chi connectivity index (χ1) is 8.92. The summed E-state index contributed by atoms with van der Waals surface area (Å²) < 4.78 is 0. The third-order valence-electron chi connectivity index (χ3n) is 2.52. The standard InChI is InChI=1S/C14H11N3S/c1-2-7-13-12(6-1)16-9-14(17-13)18-10-11-5-3-4-8-15-11/h1-9H,10H2. The molecule has 0 unspecified atom stereocenters. The molecule has 0 aliphatic carbocycles. The zero-order chi connectivity index (χ0) is 12.2. The fourth-order valence-electron chi connectivity index (χ4n) is 1.64. The van der Waals surface area contributed by atoms with Gasteiger partial charge in [-0.05, 0) is 24.3 Å². The topological polar surface area (TPSA) is 38.7 Å². The number of thioether (sulfide) groups is 1. The van der Waals surface area contributed by atoms with Crippen LogP contribution in [0.5, 0.6) is 0 Å². The van der Waals surface area contributed by atoms with E-state index in [9.17, 15) is 0 Å². The average Bonchev–Trinajstić information content (AvgIpc) is 2.46. The Morgan fingerprint density at radius 1 is 0.889 bits per heavy atom. The zero-order valence-corrected chi connectivity index (χ0v) is 10.5. The molecule has 2 aromatic heterocycles. The van der Waals surface area contributed by atoms with Gasteiger partial charge < -0.3 is 0 Å². The lowest BCUT2D eigenvalue weighted by molar-refractivity contribution is 1.11. The van der Waals surface area contributed by atoms with Gasteiger partial charge in [0.25, 0.3) is 0 Å². The fourth-order valence-corrected chi connectivity index (χ4v) is 2.40. The zero-order valence-electron chi connectivity index (χ0n) is 9.65. The molecule has 0 saturated heterocycles. The van der Waals surface area contributed by atoms with Gasteiger partial charge in [-0.2, -0.15) is 0 Å². The molecule has 0 saturated carbocycles. The Bertz CT molecular complexity index is 655. The van der Waals surface area contributed by atoms with Gasteiger partial charge in [0.05, 0.1) is 22.9 Å². The maximum atomic E-state index is 4.56. The van der Waals surface area contributed by atoms with Crippen molar-refractivity contribution in [1.29, 1.82) is 0 Å². The summed E-state index contributed by atoms with van der Waals surface area (Å²) >= 11 is 1.65. The van der Waals surface area contributed by atoms with E-state index in [0.717, 1.165) is 27.5 Å². The molecular formula is C14H11N3S. The van der Waals surface area contributed by atoms with Crippen molar-refractivity contribution >= 4 is 22.8 Å². The van der Waals surface area contributed by atoms with Gasteiger partial charge in [-0.3, -0.25) is 9.97 Å². The highest BCUT2D eigenvalue weighted by Crippen LogP contribution is 2.20. The fraction of sp³-hybridized carbons (Fsp3) is 0.0714. The molecule has 0 amide bonds. The summed E-state index contributed by atoms with van der Waals surface area (Å²) in [6, 6.07) is 13.8. The molecule has 0 aliphatic heterocycles. The predicted molar refractivity (Wildman–Crippen MR) is 73.3 cm³/mol. The van der Waals surface area contributed by atoms with E-state index < -0.39 is 0 Å². The van der Waals surface area contributed by atoms with E-state index in [2.05, 4.69) is 15.0 Å². The van der Waals surface area contributed by atoms with E-state index >= 15 is 0 Å². The van der Waals surface area contributed by atoms with Gasteiger partial charge in [-0.1, -0.05) is 30.0 Å². The summed E-state index contributed by atoms with van der Waals surface area (Å²) in [7, 11) is 0. The summed E-state index contributed by atoms with van der Waals surface area (Å²) in [6.45, 7) is 0. The highest BCUT2D eigenvalue weighted by Gasteiger charge is 2.01. The number of pyridine rings is 1. The summed E-state index contributed by atoms with van der Waals surface area (Å²) in [5, 5.41) is 0.930. The minimum absolute atomic E-state index is 0.813. The quantitative estimate of drug-likeness (QED) is 0.671. The van der Waals surface area contributed by atoms with Gasteiger partial charge in [0.15, 0.2) is 0 Å². The van der Waals surface area contributed by atoms with Crippen molar-refractivity contribution in [3.63, 3.8) is 0 Å². The molecule has 18 heavy (non-hydrogen) atoms. The number of benzene rings is 1. The summed E-state index contributed by atoms with van der Waals surface area (Å²) in [4.78, 5) is 13.2. The monoisotopic (exact) mass is 253 g/mol. The molecular weight excluding hydrogens is 242 g/mol. The van der Waals surface area contributed by atoms with Crippen LogP contribution in [0.25, 0.3) is 11.0 Å². The van der Waals surface area contributed by atoms with Crippen LogP contribution in [0.2, 0.25) is 0 Å². The molecule has 0 radical (unpaired) electrons. The van der Waals surface area contributed by atoms with Crippen molar-refractivity contribution in [2.45, 2.75) is 10.8 Å². The van der Waals surface area contributed by atoms with E-state index in [-0.39, 0.29) is 0 Å². The van der Waals surface area contributed by atoms with Gasteiger partial charge in [0.1, 0.15) is 5.03 Å². The van der Waals surface area contributed by atoms with E-state index in [0.29, 0.717) is 0 Å². The molecule has 4 heteroatoms. The molecule has 88 valence electrons. The van der Waals surface area contributed by atoms with Gasteiger partial charge in [0, 0.05) is 11.9 Å². The Hall–Kier alpha value is -1.94. The van der Waals surface area contributed by atoms with E-state index in [1.54, 1.807) is 11.8 Å². The number of fused-ring (bicyclic) bond motifs is 1. The normalized spacial score (nSPS) is 10.7. The number of aromatic nitrogens is 3. The molecule has 0 bridgehead atoms. The minimum Gasteiger partial charge on any atom is -0.260 e. The molecule has 0 aliphatic rings. The molecule has 3 aromatic rings. The molecule has 0 atom stereocenters. The third kappa shape index (κ3) is 2.49. The van der Waals surface area contributed by atoms with Gasteiger partial charge in [0.2, 0.25) is 0 Å². The lowest BCUT2D eigenvalue weighted by Crippen LogP contribution is -1.88. The highest BCUT2D eigenvalue weighted by molar-refractivity contribution is 7.98. The summed E-state index contributed by atoms with van der Waals surface area (Å²) in [5.41, 5.74) is 2.92. The second-order valence-electron chi connectivity index (χ2n) is 3.81. The first-order valence-electron chi connectivity index (χ1n) is 5.66. The Kier molecular flexibility index (Phi) is 3.19. The Morgan fingerprint density at radius 3 is 2.56 bits per heavy atom. The van der Waals surface area contributed by atoms with Crippen LogP contribution in [-0.4, -0.2) is 15.0 Å². The largest absolute Gasteiger partial charge is 0.260 e. The number of rotatable bonds is 3. The first-order valence-corrected chi connectivity index (χ1v) is 6.65. The highest BCUT2D eigenvalue weighted by atomic mass is 32.2. The Balaban J connectivity index is 1.79. The number of nitrogens with zero attached hydrogens (tertiary/aromatic N) is 3. The van der Waals surface area contributed by atoms with Crippen molar-refractivity contribution in [2.24, 2.45) is 0 Å². The number of hydrogen-bond acceptors (Lipinski definition) is 4. The van der Waals surface area contributed by atoms with Crippen LogP contribution in [0.15, 0.2) is 59.9 Å². The Morgan fingerprint density at radius 2 is 1.72 bits per heavy atom. The van der Waals surface area contributed by atoms with Crippen molar-refractivity contribution in [2.75, 3.05) is 0 Å². The smallest absolute Gasteiger partial charge is 0.115 e. The molecule has 3 rings (SSSR count). The van der Waals surface area contributed by atoms with Crippen LogP contribution in [0.4, 0.5) is 0 Å². The van der Waals surface area contributed by atoms with Gasteiger partial charge in [-0.25, -0.2) is 4.98 Å². The van der Waals surface area contributed by atoms with Crippen LogP contribution in [0.3, 0.4) is 0 Å². The molecule has 0 fully saturated rings. The van der Waals surface area contributed by atoms with Crippen LogP contribution >= 0.6 is 11.8 Å². The van der Waals surface area contributed by atoms with Crippen LogP contribution in [-0.2, 0) is 5.75 Å². The summed E-state index contributed by atoms with van der Waals surface area (Å²) in [6.07, 6.45) is 3.62. The van der Waals surface area contributed by atoms with Crippen molar-refractivity contribution in [1.82, 2.24) is 15.0 Å². The molecule has 3 nitrogen and oxygen atoms in total. The predicted octanol–water partition coefficient (Wildman–Crippen LogP) is 3.32. The lowest BCUT2D eigenvalue weighted by atomic mass is 10.3. The maximum absolute atomic E-state index is 4.56.